The van der Waals surface area contributed by atoms with Crippen LogP contribution in [0.2, 0.25) is 0 Å². The van der Waals surface area contributed by atoms with Gasteiger partial charge in [-0.3, -0.25) is 9.78 Å². The number of ether oxygens (including phenoxy) is 3. The Hall–Kier alpha value is -4.10. The van der Waals surface area contributed by atoms with Gasteiger partial charge in [0.2, 0.25) is 0 Å². The molecule has 7 heteroatoms. The molecule has 0 aliphatic rings. The molecule has 2 heterocycles. The van der Waals surface area contributed by atoms with Crippen molar-refractivity contribution in [3.63, 3.8) is 0 Å². The van der Waals surface area contributed by atoms with Gasteiger partial charge >= 0.3 is 0 Å². The summed E-state index contributed by atoms with van der Waals surface area (Å²) in [5.41, 5.74) is 2.15. The number of aromatic nitrogens is 1. The molecule has 3 aromatic carbocycles. The van der Waals surface area contributed by atoms with E-state index in [2.05, 4.69) is 10.3 Å². The first-order chi connectivity index (χ1) is 16.1. The van der Waals surface area contributed by atoms with Crippen molar-refractivity contribution in [2.45, 2.75) is 0 Å². The topological polar surface area (TPSA) is 69.7 Å². The van der Waals surface area contributed by atoms with Crippen LogP contribution in [0.15, 0.2) is 77.6 Å². The molecule has 5 aromatic rings. The number of carbonyl (C=O) groups excluding carboxylic acids is 1. The Bertz CT molecular complexity index is 1460. The van der Waals surface area contributed by atoms with E-state index in [1.54, 1.807) is 26.5 Å². The van der Waals surface area contributed by atoms with E-state index in [-0.39, 0.29) is 5.91 Å². The second-order valence-electron chi connectivity index (χ2n) is 7.33. The van der Waals surface area contributed by atoms with Gasteiger partial charge in [-0.1, -0.05) is 12.1 Å². The number of fused-ring (bicyclic) bond motifs is 2. The van der Waals surface area contributed by atoms with E-state index in [4.69, 9.17) is 14.2 Å². The van der Waals surface area contributed by atoms with Crippen LogP contribution in [0.5, 0.6) is 23.0 Å². The lowest BCUT2D eigenvalue weighted by Gasteiger charge is -2.13. The second kappa shape index (κ2) is 8.80. The highest BCUT2D eigenvalue weighted by atomic mass is 32.1. The molecular formula is C26H20N2O4S. The maximum Gasteiger partial charge on any atom is 0.256 e. The molecule has 0 saturated heterocycles. The highest BCUT2D eigenvalue weighted by molar-refractivity contribution is 7.08. The van der Waals surface area contributed by atoms with E-state index in [9.17, 15) is 4.79 Å². The van der Waals surface area contributed by atoms with Crippen LogP contribution in [0.25, 0.3) is 21.7 Å². The molecule has 0 saturated carbocycles. The van der Waals surface area contributed by atoms with Crippen LogP contribution in [0.3, 0.4) is 0 Å². The minimum absolute atomic E-state index is 0.118. The number of thiophene rings is 1. The molecule has 0 unspecified atom stereocenters. The normalized spacial score (nSPS) is 10.8. The molecule has 0 bridgehead atoms. The standard InChI is InChI=1S/C26H20N2O4S/c1-30-24-13-21-22(14-25(24)31-2)27-9-7-23(21)32-20-6-4-16-11-19(5-3-17(16)12-20)28-26(29)18-8-10-33-15-18/h3-15H,1-2H3,(H,28,29). The molecule has 5 rings (SSSR count). The van der Waals surface area contributed by atoms with Gasteiger partial charge in [0.1, 0.15) is 11.5 Å². The van der Waals surface area contributed by atoms with E-state index in [0.29, 0.717) is 28.6 Å². The Balaban J connectivity index is 1.42. The lowest BCUT2D eigenvalue weighted by atomic mass is 10.1. The monoisotopic (exact) mass is 456 g/mol. The molecule has 0 radical (unpaired) electrons. The number of amides is 1. The number of nitrogens with zero attached hydrogens (tertiary/aromatic N) is 1. The number of methoxy groups -OCH3 is 2. The van der Waals surface area contributed by atoms with E-state index in [1.165, 1.54) is 11.3 Å². The first-order valence-electron chi connectivity index (χ1n) is 10.2. The second-order valence-corrected chi connectivity index (χ2v) is 8.11. The van der Waals surface area contributed by atoms with E-state index < -0.39 is 0 Å². The number of anilines is 1. The van der Waals surface area contributed by atoms with Gasteiger partial charge in [-0.05, 0) is 58.6 Å². The average Bonchev–Trinajstić information content (AvgIpc) is 3.39. The quantitative estimate of drug-likeness (QED) is 0.315. The maximum absolute atomic E-state index is 12.3. The van der Waals surface area contributed by atoms with Gasteiger partial charge in [0.15, 0.2) is 11.5 Å². The number of nitrogens with one attached hydrogen (secondary N) is 1. The summed E-state index contributed by atoms with van der Waals surface area (Å²) in [6.45, 7) is 0. The molecule has 0 fully saturated rings. The summed E-state index contributed by atoms with van der Waals surface area (Å²) in [6, 6.07) is 18.9. The van der Waals surface area contributed by atoms with Crippen LogP contribution in [-0.2, 0) is 0 Å². The summed E-state index contributed by atoms with van der Waals surface area (Å²) in [6.07, 6.45) is 1.70. The molecule has 0 aliphatic heterocycles. The number of carbonyl (C=O) groups is 1. The number of rotatable bonds is 6. The van der Waals surface area contributed by atoms with Crippen molar-refractivity contribution in [3.05, 3.63) is 83.2 Å². The Morgan fingerprint density at radius 1 is 0.879 bits per heavy atom. The van der Waals surface area contributed by atoms with E-state index >= 15 is 0 Å². The van der Waals surface area contributed by atoms with Crippen molar-refractivity contribution in [2.75, 3.05) is 19.5 Å². The van der Waals surface area contributed by atoms with Crippen LogP contribution in [-0.4, -0.2) is 25.1 Å². The van der Waals surface area contributed by atoms with Gasteiger partial charge in [-0.25, -0.2) is 0 Å². The molecule has 1 N–H and O–H groups in total. The molecule has 1 amide bonds. The van der Waals surface area contributed by atoms with E-state index in [1.807, 2.05) is 65.4 Å². The highest BCUT2D eigenvalue weighted by Gasteiger charge is 2.12. The lowest BCUT2D eigenvalue weighted by Crippen LogP contribution is -2.10. The zero-order chi connectivity index (χ0) is 22.8. The largest absolute Gasteiger partial charge is 0.493 e. The van der Waals surface area contributed by atoms with Crippen LogP contribution in [0.4, 0.5) is 5.69 Å². The zero-order valence-electron chi connectivity index (χ0n) is 18.0. The highest BCUT2D eigenvalue weighted by Crippen LogP contribution is 2.37. The lowest BCUT2D eigenvalue weighted by molar-refractivity contribution is 0.102. The summed E-state index contributed by atoms with van der Waals surface area (Å²) in [7, 11) is 3.19. The SMILES string of the molecule is COc1cc2nccc(Oc3ccc4cc(NC(=O)c5ccsc5)ccc4c3)c2cc1OC. The fourth-order valence-electron chi connectivity index (χ4n) is 3.63. The van der Waals surface area contributed by atoms with Crippen LogP contribution in [0.1, 0.15) is 10.4 Å². The van der Waals surface area contributed by atoms with Crippen molar-refractivity contribution in [1.29, 1.82) is 0 Å². The summed E-state index contributed by atoms with van der Waals surface area (Å²) < 4.78 is 17.0. The first kappa shape index (κ1) is 20.8. The first-order valence-corrected chi connectivity index (χ1v) is 11.1. The number of hydrogen-bond donors (Lipinski definition) is 1. The van der Waals surface area contributed by atoms with Gasteiger partial charge in [-0.15, -0.1) is 0 Å². The molecule has 6 nitrogen and oxygen atoms in total. The smallest absolute Gasteiger partial charge is 0.256 e. The van der Waals surface area contributed by atoms with Gasteiger partial charge in [0.05, 0.1) is 25.3 Å². The molecule has 0 spiro atoms. The third kappa shape index (κ3) is 4.18. The fourth-order valence-corrected chi connectivity index (χ4v) is 4.26. The fraction of sp³-hybridized carbons (Fsp3) is 0.0769. The summed E-state index contributed by atoms with van der Waals surface area (Å²) in [4.78, 5) is 16.7. The maximum atomic E-state index is 12.3. The Morgan fingerprint density at radius 3 is 2.45 bits per heavy atom. The molecule has 0 aliphatic carbocycles. The third-order valence-corrected chi connectivity index (χ3v) is 5.97. The minimum Gasteiger partial charge on any atom is -0.493 e. The van der Waals surface area contributed by atoms with Gasteiger partial charge in [-0.2, -0.15) is 11.3 Å². The van der Waals surface area contributed by atoms with Gasteiger partial charge in [0.25, 0.3) is 5.91 Å². The Morgan fingerprint density at radius 2 is 1.67 bits per heavy atom. The molecule has 0 atom stereocenters. The summed E-state index contributed by atoms with van der Waals surface area (Å²) >= 11 is 1.50. The summed E-state index contributed by atoms with van der Waals surface area (Å²) in [5, 5.41) is 9.47. The summed E-state index contributed by atoms with van der Waals surface area (Å²) in [5.74, 6) is 2.47. The molecular weight excluding hydrogens is 436 g/mol. The number of pyridine rings is 1. The van der Waals surface area contributed by atoms with Crippen LogP contribution < -0.4 is 19.5 Å². The van der Waals surface area contributed by atoms with Crippen molar-refractivity contribution in [2.24, 2.45) is 0 Å². The third-order valence-electron chi connectivity index (χ3n) is 5.29. The predicted octanol–water partition coefficient (Wildman–Crippen LogP) is 6.51. The van der Waals surface area contributed by atoms with Crippen molar-refractivity contribution < 1.29 is 19.0 Å². The predicted molar refractivity (Wildman–Crippen MR) is 131 cm³/mol. The molecule has 2 aromatic heterocycles. The molecule has 164 valence electrons. The number of hydrogen-bond acceptors (Lipinski definition) is 6. The van der Waals surface area contributed by atoms with Crippen LogP contribution >= 0.6 is 11.3 Å². The Labute approximate surface area is 194 Å². The zero-order valence-corrected chi connectivity index (χ0v) is 18.8. The van der Waals surface area contributed by atoms with Crippen LogP contribution in [0, 0.1) is 0 Å². The van der Waals surface area contributed by atoms with Gasteiger partial charge in [0, 0.05) is 28.7 Å². The number of benzene rings is 3. The van der Waals surface area contributed by atoms with Crippen molar-refractivity contribution in [1.82, 2.24) is 4.98 Å². The molecule has 33 heavy (non-hydrogen) atoms. The van der Waals surface area contributed by atoms with Gasteiger partial charge < -0.3 is 19.5 Å². The van der Waals surface area contributed by atoms with Crippen molar-refractivity contribution >= 4 is 44.6 Å². The minimum atomic E-state index is -0.118. The van der Waals surface area contributed by atoms with Crippen molar-refractivity contribution in [3.8, 4) is 23.0 Å². The average molecular weight is 457 g/mol. The van der Waals surface area contributed by atoms with E-state index in [0.717, 1.165) is 27.4 Å². The Kier molecular flexibility index (Phi) is 5.54.